The number of fused-ring (bicyclic) bond motifs is 8. The standard InChI is InChI=1S/C68H48N2O/c1-67(2)57-33-17-15-30-52(57)53-40-38-50(43-60(53)67)70(61-36-20-35-59-65(61)56-31-16-18-34-58(56)68(59,46-22-7-3-8-23-46)47-24-9-4-10-25-47)62-42-37-45-21-19-32-55-54-41-39-51(44-63(54)71-66(62)64(45)55)69(48-26-11-5-12-27-48)49-28-13-6-14-29-49/h3-44H,1-2H3. The molecule has 2 aliphatic carbocycles. The predicted molar refractivity (Wildman–Crippen MR) is 294 cm³/mol. The van der Waals surface area contributed by atoms with Crippen molar-refractivity contribution in [2.24, 2.45) is 0 Å². The summed E-state index contributed by atoms with van der Waals surface area (Å²) in [5.41, 5.74) is 20.4. The van der Waals surface area contributed by atoms with Gasteiger partial charge >= 0.3 is 0 Å². The highest BCUT2D eigenvalue weighted by Gasteiger charge is 2.48. The van der Waals surface area contributed by atoms with E-state index >= 15 is 0 Å². The summed E-state index contributed by atoms with van der Waals surface area (Å²) in [5.74, 6) is 1.64. The molecule has 14 rings (SSSR count). The van der Waals surface area contributed by atoms with Crippen molar-refractivity contribution < 1.29 is 4.74 Å². The molecule has 0 N–H and O–H groups in total. The van der Waals surface area contributed by atoms with E-state index in [0.717, 1.165) is 67.5 Å². The van der Waals surface area contributed by atoms with Crippen LogP contribution in [0.1, 0.15) is 47.2 Å². The van der Waals surface area contributed by atoms with E-state index in [4.69, 9.17) is 4.74 Å². The van der Waals surface area contributed by atoms with Gasteiger partial charge in [0.2, 0.25) is 0 Å². The molecule has 0 amide bonds. The molecule has 0 atom stereocenters. The Morgan fingerprint density at radius 2 is 0.873 bits per heavy atom. The highest BCUT2D eigenvalue weighted by atomic mass is 16.5. The summed E-state index contributed by atoms with van der Waals surface area (Å²) in [7, 11) is 0. The van der Waals surface area contributed by atoms with Crippen molar-refractivity contribution in [3.8, 4) is 44.9 Å². The molecule has 0 spiro atoms. The maximum atomic E-state index is 7.55. The quantitative estimate of drug-likeness (QED) is 0.151. The van der Waals surface area contributed by atoms with Crippen LogP contribution >= 0.6 is 0 Å². The monoisotopic (exact) mass is 908 g/mol. The van der Waals surface area contributed by atoms with Gasteiger partial charge in [0.05, 0.1) is 16.8 Å². The minimum atomic E-state index is -0.572. The van der Waals surface area contributed by atoms with Gasteiger partial charge in [-0.3, -0.25) is 0 Å². The first-order valence-corrected chi connectivity index (χ1v) is 24.7. The van der Waals surface area contributed by atoms with Gasteiger partial charge in [-0.2, -0.15) is 0 Å². The Morgan fingerprint density at radius 3 is 1.56 bits per heavy atom. The Morgan fingerprint density at radius 1 is 0.338 bits per heavy atom. The van der Waals surface area contributed by atoms with Crippen LogP contribution in [0.4, 0.5) is 34.1 Å². The lowest BCUT2D eigenvalue weighted by Crippen LogP contribution is -2.28. The second kappa shape index (κ2) is 15.8. The highest BCUT2D eigenvalue weighted by molar-refractivity contribution is 6.09. The Bertz CT molecular complexity index is 3800. The maximum absolute atomic E-state index is 7.55. The summed E-state index contributed by atoms with van der Waals surface area (Å²) in [4.78, 5) is 4.81. The zero-order valence-corrected chi connectivity index (χ0v) is 39.6. The number of rotatable bonds is 8. The Hall–Kier alpha value is -8.92. The topological polar surface area (TPSA) is 15.7 Å². The molecule has 0 unspecified atom stereocenters. The predicted octanol–water partition coefficient (Wildman–Crippen LogP) is 18.2. The van der Waals surface area contributed by atoms with Gasteiger partial charge in [0.15, 0.2) is 5.75 Å². The number of hydrogen-bond donors (Lipinski definition) is 0. The summed E-state index contributed by atoms with van der Waals surface area (Å²) >= 11 is 0. The third kappa shape index (κ3) is 6.03. The minimum Gasteiger partial charge on any atom is -0.454 e. The fourth-order valence-corrected chi connectivity index (χ4v) is 12.4. The lowest BCUT2D eigenvalue weighted by atomic mass is 9.68. The van der Waals surface area contributed by atoms with Gasteiger partial charge in [-0.25, -0.2) is 0 Å². The van der Waals surface area contributed by atoms with Gasteiger partial charge in [-0.1, -0.05) is 202 Å². The molecule has 0 radical (unpaired) electrons. The molecule has 0 saturated carbocycles. The average molecular weight is 909 g/mol. The number of ether oxygens (including phenoxy) is 1. The zero-order valence-electron chi connectivity index (χ0n) is 39.6. The summed E-state index contributed by atoms with van der Waals surface area (Å²) < 4.78 is 7.55. The number of hydrogen-bond acceptors (Lipinski definition) is 3. The second-order valence-corrected chi connectivity index (χ2v) is 19.6. The van der Waals surface area contributed by atoms with Crippen LogP contribution in [0.25, 0.3) is 44.2 Å². The van der Waals surface area contributed by atoms with E-state index in [-0.39, 0.29) is 5.41 Å². The molecule has 1 heterocycles. The van der Waals surface area contributed by atoms with Crippen LogP contribution in [0.5, 0.6) is 11.5 Å². The van der Waals surface area contributed by atoms with Crippen LogP contribution in [-0.2, 0) is 10.8 Å². The molecule has 0 aromatic heterocycles. The van der Waals surface area contributed by atoms with Crippen LogP contribution in [0.2, 0.25) is 0 Å². The summed E-state index contributed by atoms with van der Waals surface area (Å²) in [5, 5.41) is 2.23. The molecule has 1 aliphatic heterocycles. The van der Waals surface area contributed by atoms with Crippen molar-refractivity contribution in [3.05, 3.63) is 288 Å². The third-order valence-corrected chi connectivity index (χ3v) is 15.5. The Kier molecular flexibility index (Phi) is 9.15. The largest absolute Gasteiger partial charge is 0.454 e. The molecule has 3 aliphatic rings. The lowest BCUT2D eigenvalue weighted by molar-refractivity contribution is 0.488. The Balaban J connectivity index is 1.04. The van der Waals surface area contributed by atoms with Gasteiger partial charge < -0.3 is 14.5 Å². The van der Waals surface area contributed by atoms with Crippen molar-refractivity contribution in [2.75, 3.05) is 9.80 Å². The van der Waals surface area contributed by atoms with Gasteiger partial charge in [-0.05, 0) is 122 Å². The Labute approximate surface area is 415 Å². The average Bonchev–Trinajstić information content (AvgIpc) is 3.86. The molecular weight excluding hydrogens is 861 g/mol. The van der Waals surface area contributed by atoms with Gasteiger partial charge in [0, 0.05) is 50.7 Å². The van der Waals surface area contributed by atoms with Gasteiger partial charge in [-0.15, -0.1) is 0 Å². The van der Waals surface area contributed by atoms with Crippen LogP contribution in [0.15, 0.2) is 255 Å². The minimum absolute atomic E-state index is 0.214. The molecule has 3 heteroatoms. The SMILES string of the molecule is CC1(C)c2ccccc2-c2ccc(N(c3cccc4c3-c3ccccc3C4(c3ccccc3)c3ccccc3)c3ccc4cccc5c4c3Oc3cc(N(c4ccccc4)c4ccccc4)ccc3-5)cc21. The number of benzene rings is 11. The summed E-state index contributed by atoms with van der Waals surface area (Å²) in [6.45, 7) is 4.74. The first-order valence-electron chi connectivity index (χ1n) is 24.7. The number of para-hydroxylation sites is 2. The molecule has 71 heavy (non-hydrogen) atoms. The fraction of sp³-hybridized carbons (Fsp3) is 0.0588. The smallest absolute Gasteiger partial charge is 0.159 e. The van der Waals surface area contributed by atoms with Crippen LogP contribution < -0.4 is 14.5 Å². The van der Waals surface area contributed by atoms with E-state index in [2.05, 4.69) is 278 Å². The molecule has 11 aromatic carbocycles. The van der Waals surface area contributed by atoms with Crippen molar-refractivity contribution >= 4 is 44.9 Å². The van der Waals surface area contributed by atoms with E-state index < -0.39 is 5.41 Å². The zero-order chi connectivity index (χ0) is 47.3. The van der Waals surface area contributed by atoms with E-state index in [9.17, 15) is 0 Å². The van der Waals surface area contributed by atoms with Gasteiger partial charge in [0.1, 0.15) is 5.75 Å². The molecule has 0 saturated heterocycles. The molecule has 336 valence electrons. The molecule has 11 aromatic rings. The van der Waals surface area contributed by atoms with Crippen molar-refractivity contribution in [3.63, 3.8) is 0 Å². The van der Waals surface area contributed by atoms with E-state index in [1.807, 2.05) is 0 Å². The first kappa shape index (κ1) is 41.1. The van der Waals surface area contributed by atoms with Crippen molar-refractivity contribution in [1.29, 1.82) is 0 Å². The molecule has 0 fully saturated rings. The van der Waals surface area contributed by atoms with Crippen LogP contribution in [0, 0.1) is 0 Å². The van der Waals surface area contributed by atoms with E-state index in [0.29, 0.717) is 0 Å². The van der Waals surface area contributed by atoms with Crippen molar-refractivity contribution in [2.45, 2.75) is 24.7 Å². The third-order valence-electron chi connectivity index (χ3n) is 15.5. The normalized spacial score (nSPS) is 13.8. The molecule has 0 bridgehead atoms. The van der Waals surface area contributed by atoms with Crippen LogP contribution in [-0.4, -0.2) is 0 Å². The second-order valence-electron chi connectivity index (χ2n) is 19.6. The van der Waals surface area contributed by atoms with Crippen LogP contribution in [0.3, 0.4) is 0 Å². The fourth-order valence-electron chi connectivity index (χ4n) is 12.4. The molecular formula is C68H48N2O. The number of anilines is 6. The number of nitrogens with zero attached hydrogens (tertiary/aromatic N) is 2. The highest BCUT2D eigenvalue weighted by Crippen LogP contribution is 2.62. The first-order chi connectivity index (χ1) is 35.0. The lowest BCUT2D eigenvalue weighted by Gasteiger charge is -2.35. The van der Waals surface area contributed by atoms with Crippen molar-refractivity contribution in [1.82, 2.24) is 0 Å². The summed E-state index contributed by atoms with van der Waals surface area (Å²) in [6, 6.07) is 93.3. The summed E-state index contributed by atoms with van der Waals surface area (Å²) in [6.07, 6.45) is 0. The van der Waals surface area contributed by atoms with Gasteiger partial charge in [0.25, 0.3) is 0 Å². The maximum Gasteiger partial charge on any atom is 0.159 e. The van der Waals surface area contributed by atoms with E-state index in [1.54, 1.807) is 0 Å². The molecule has 3 nitrogen and oxygen atoms in total. The van der Waals surface area contributed by atoms with E-state index in [1.165, 1.54) is 55.6 Å².